The number of pyridine rings is 1. The molecule has 3 rings (SSSR count). The van der Waals surface area contributed by atoms with Crippen LogP contribution in [-0.2, 0) is 4.74 Å². The molecule has 24 heavy (non-hydrogen) atoms. The van der Waals surface area contributed by atoms with E-state index in [0.29, 0.717) is 12.1 Å². The van der Waals surface area contributed by atoms with E-state index in [1.807, 2.05) is 30.3 Å². The van der Waals surface area contributed by atoms with Gasteiger partial charge in [0.25, 0.3) is 0 Å². The Morgan fingerprint density at radius 1 is 1.29 bits per heavy atom. The van der Waals surface area contributed by atoms with Crippen LogP contribution in [0.5, 0.6) is 0 Å². The Balaban J connectivity index is 1.91. The van der Waals surface area contributed by atoms with Crippen LogP contribution in [0.15, 0.2) is 41.0 Å². The van der Waals surface area contributed by atoms with E-state index in [4.69, 9.17) is 10.1 Å². The molecule has 0 spiro atoms. The van der Waals surface area contributed by atoms with Crippen LogP contribution in [0.4, 0.5) is 11.5 Å². The Bertz CT molecular complexity index is 740. The number of ether oxygens (including phenoxy) is 1. The number of morpholine rings is 1. The zero-order valence-corrected chi connectivity index (χ0v) is 17.6. The molecule has 1 atom stereocenters. The lowest BCUT2D eigenvalue weighted by Crippen LogP contribution is -2.36. The number of halogens is 2. The number of anilines is 2. The molecule has 1 aromatic heterocycles. The van der Waals surface area contributed by atoms with Gasteiger partial charge in [0.05, 0.1) is 18.9 Å². The van der Waals surface area contributed by atoms with Crippen LogP contribution in [0.2, 0.25) is 0 Å². The molecule has 1 aliphatic rings. The minimum Gasteiger partial charge on any atom is -0.378 e. The van der Waals surface area contributed by atoms with Crippen molar-refractivity contribution in [1.82, 2.24) is 4.98 Å². The second-order valence-corrected chi connectivity index (χ2v) is 8.26. The fourth-order valence-corrected chi connectivity index (χ4v) is 4.13. The van der Waals surface area contributed by atoms with Gasteiger partial charge in [-0.05, 0) is 52.4 Å². The summed E-state index contributed by atoms with van der Waals surface area (Å²) in [7, 11) is 0. The van der Waals surface area contributed by atoms with Crippen LogP contribution < -0.4 is 9.99 Å². The van der Waals surface area contributed by atoms with E-state index < -0.39 is 0 Å². The molecule has 0 bridgehead atoms. The van der Waals surface area contributed by atoms with Gasteiger partial charge in [-0.2, -0.15) is 0 Å². The van der Waals surface area contributed by atoms with E-state index in [1.165, 1.54) is 0 Å². The summed E-state index contributed by atoms with van der Waals surface area (Å²) in [6.07, 6.45) is 2.33. The third kappa shape index (κ3) is 4.25. The second kappa shape index (κ2) is 8.56. The Morgan fingerprint density at radius 2 is 2.08 bits per heavy atom. The molecule has 2 N–H and O–H groups in total. The van der Waals surface area contributed by atoms with Gasteiger partial charge in [0.1, 0.15) is 5.82 Å². The van der Waals surface area contributed by atoms with Gasteiger partial charge in [0, 0.05) is 46.9 Å². The molecule has 2 aromatic rings. The first-order valence-electron chi connectivity index (χ1n) is 7.48. The summed E-state index contributed by atoms with van der Waals surface area (Å²) in [5, 5.41) is 12.0. The lowest BCUT2D eigenvalue weighted by atomic mass is 10.0. The topological polar surface area (TPSA) is 61.2 Å². The van der Waals surface area contributed by atoms with Gasteiger partial charge in [0.15, 0.2) is 0 Å². The normalized spacial score (nSPS) is 15.0. The average molecular weight is 519 g/mol. The minimum absolute atomic E-state index is 0.491. The molecule has 0 saturated carbocycles. The summed E-state index contributed by atoms with van der Waals surface area (Å²) in [5.74, 6) is 0.904. The number of nitrogens with zero attached hydrogens (tertiary/aromatic N) is 2. The molecule has 5 nitrogen and oxygen atoms in total. The Kier molecular flexibility index (Phi) is 6.43. The zero-order valence-electron chi connectivity index (χ0n) is 12.9. The molecular weight excluding hydrogens is 502 g/mol. The molecular formula is C16H17BrIN4OP. The van der Waals surface area contributed by atoms with Crippen molar-refractivity contribution in [2.45, 2.75) is 0 Å². The zero-order chi connectivity index (χ0) is 16.9. The second-order valence-electron chi connectivity index (χ2n) is 5.29. The molecule has 1 aromatic carbocycles. The Labute approximate surface area is 164 Å². The van der Waals surface area contributed by atoms with Crippen molar-refractivity contribution in [3.63, 3.8) is 0 Å². The van der Waals surface area contributed by atoms with Gasteiger partial charge in [-0.15, -0.1) is 0 Å². The van der Waals surface area contributed by atoms with Gasteiger partial charge in [-0.3, -0.25) is 5.41 Å². The van der Waals surface area contributed by atoms with Crippen LogP contribution in [0.25, 0.3) is 0 Å². The number of aromatic nitrogens is 1. The highest BCUT2D eigenvalue weighted by molar-refractivity contribution is 14.2. The van der Waals surface area contributed by atoms with Crippen molar-refractivity contribution in [1.29, 1.82) is 5.41 Å². The molecule has 0 amide bonds. The highest BCUT2D eigenvalue weighted by Gasteiger charge is 2.15. The fourth-order valence-electron chi connectivity index (χ4n) is 2.58. The standard InChI is InChI=1S/C16H17BrIN4OP/c17-12-1-2-14(21-24-18)13(10-12)16(19)11-3-4-20-15(9-11)22-5-7-23-8-6-22/h1-4,9-10,19,21,24H,5-8H2. The first-order valence-corrected chi connectivity index (χ1v) is 12.4. The summed E-state index contributed by atoms with van der Waals surface area (Å²) in [5.41, 5.74) is 3.21. The molecule has 0 radical (unpaired) electrons. The first-order chi connectivity index (χ1) is 11.7. The van der Waals surface area contributed by atoms with Crippen molar-refractivity contribution >= 4 is 61.6 Å². The van der Waals surface area contributed by atoms with E-state index >= 15 is 0 Å². The smallest absolute Gasteiger partial charge is 0.129 e. The predicted octanol–water partition coefficient (Wildman–Crippen LogP) is 4.45. The highest BCUT2D eigenvalue weighted by Crippen LogP contribution is 2.30. The number of rotatable bonds is 5. The maximum Gasteiger partial charge on any atom is 0.129 e. The quantitative estimate of drug-likeness (QED) is 0.349. The van der Waals surface area contributed by atoms with Crippen LogP contribution >= 0.6 is 44.3 Å². The summed E-state index contributed by atoms with van der Waals surface area (Å²) < 4.78 is 6.36. The number of hydrogen-bond donors (Lipinski definition) is 2. The van der Waals surface area contributed by atoms with Gasteiger partial charge < -0.3 is 14.7 Å². The Hall–Kier alpha value is -0.760. The third-order valence-electron chi connectivity index (χ3n) is 3.80. The molecule has 1 saturated heterocycles. The van der Waals surface area contributed by atoms with Crippen LogP contribution in [0, 0.1) is 5.41 Å². The largest absolute Gasteiger partial charge is 0.378 e. The molecule has 126 valence electrons. The summed E-state index contributed by atoms with van der Waals surface area (Å²) in [4.78, 5) is 6.67. The third-order valence-corrected chi connectivity index (χ3v) is 5.47. The maximum absolute atomic E-state index is 8.67. The molecule has 2 heterocycles. The summed E-state index contributed by atoms with van der Waals surface area (Å²) in [6.45, 7) is 3.12. The SMILES string of the molecule is N=C(c1ccnc(N2CCOCC2)c1)c1cc(Br)ccc1NPI. The maximum atomic E-state index is 8.67. The summed E-state index contributed by atoms with van der Waals surface area (Å²) >= 11 is 5.80. The van der Waals surface area contributed by atoms with Crippen molar-refractivity contribution in [2.24, 2.45) is 0 Å². The van der Waals surface area contributed by atoms with Crippen LogP contribution in [0.1, 0.15) is 11.1 Å². The molecule has 1 fully saturated rings. The lowest BCUT2D eigenvalue weighted by molar-refractivity contribution is 0.122. The van der Waals surface area contributed by atoms with Crippen LogP contribution in [0.3, 0.4) is 0 Å². The Morgan fingerprint density at radius 3 is 2.83 bits per heavy atom. The summed E-state index contributed by atoms with van der Waals surface area (Å²) in [6, 6.07) is 9.86. The average Bonchev–Trinajstić information content (AvgIpc) is 2.63. The molecule has 1 unspecified atom stereocenters. The van der Waals surface area contributed by atoms with Crippen molar-refractivity contribution in [2.75, 3.05) is 36.3 Å². The van der Waals surface area contributed by atoms with E-state index in [2.05, 4.69) is 52.9 Å². The lowest BCUT2D eigenvalue weighted by Gasteiger charge is -2.28. The molecule has 0 aliphatic carbocycles. The van der Waals surface area contributed by atoms with Gasteiger partial charge >= 0.3 is 0 Å². The van der Waals surface area contributed by atoms with Crippen molar-refractivity contribution in [3.05, 3.63) is 52.1 Å². The van der Waals surface area contributed by atoms with Gasteiger partial charge in [-0.25, -0.2) is 4.98 Å². The molecule has 8 heteroatoms. The number of nitrogens with one attached hydrogen (secondary N) is 2. The van der Waals surface area contributed by atoms with Crippen molar-refractivity contribution < 1.29 is 4.74 Å². The van der Waals surface area contributed by atoms with Gasteiger partial charge in [0.2, 0.25) is 0 Å². The first kappa shape index (κ1) is 18.0. The minimum atomic E-state index is 0.491. The monoisotopic (exact) mass is 518 g/mol. The highest BCUT2D eigenvalue weighted by atomic mass is 127. The van der Waals surface area contributed by atoms with E-state index in [1.54, 1.807) is 6.20 Å². The van der Waals surface area contributed by atoms with Crippen molar-refractivity contribution in [3.8, 4) is 0 Å². The van der Waals surface area contributed by atoms with Gasteiger partial charge in [-0.1, -0.05) is 15.9 Å². The van der Waals surface area contributed by atoms with Crippen LogP contribution in [-0.4, -0.2) is 37.0 Å². The molecule has 1 aliphatic heterocycles. The fraction of sp³-hybridized carbons (Fsp3) is 0.250. The van der Waals surface area contributed by atoms with E-state index in [-0.39, 0.29) is 0 Å². The van der Waals surface area contributed by atoms with E-state index in [9.17, 15) is 0 Å². The number of benzene rings is 1. The number of hydrogen-bond acceptors (Lipinski definition) is 5. The predicted molar refractivity (Wildman–Crippen MR) is 113 cm³/mol. The van der Waals surface area contributed by atoms with E-state index in [0.717, 1.165) is 53.4 Å².